The number of furan rings is 1. The molecule has 1 aliphatic rings. The first-order valence-electron chi connectivity index (χ1n) is 8.38. The fourth-order valence-electron chi connectivity index (χ4n) is 2.98. The molecular formula is C17H21N5OS. The lowest BCUT2D eigenvalue weighted by atomic mass is 10.1. The van der Waals surface area contributed by atoms with E-state index in [1.54, 1.807) is 11.3 Å². The molecule has 24 heavy (non-hydrogen) atoms. The summed E-state index contributed by atoms with van der Waals surface area (Å²) in [5.74, 6) is 3.83. The summed E-state index contributed by atoms with van der Waals surface area (Å²) in [6.45, 7) is 5.70. The predicted molar refractivity (Wildman–Crippen MR) is 92.9 cm³/mol. The summed E-state index contributed by atoms with van der Waals surface area (Å²) in [4.78, 5) is 9.23. The Labute approximate surface area is 144 Å². The molecule has 3 aromatic rings. The van der Waals surface area contributed by atoms with E-state index >= 15 is 0 Å². The van der Waals surface area contributed by atoms with E-state index in [0.717, 1.165) is 66.2 Å². The molecule has 0 aromatic carbocycles. The highest BCUT2D eigenvalue weighted by molar-refractivity contribution is 7.13. The molecule has 1 unspecified atom stereocenters. The Kier molecular flexibility index (Phi) is 4.20. The Morgan fingerprint density at radius 3 is 3.08 bits per heavy atom. The van der Waals surface area contributed by atoms with Gasteiger partial charge in [-0.25, -0.2) is 14.6 Å². The molecule has 4 heterocycles. The average Bonchev–Trinajstić information content (AvgIpc) is 3.30. The summed E-state index contributed by atoms with van der Waals surface area (Å²) in [5.41, 5.74) is 1.06. The minimum Gasteiger partial charge on any atom is -0.459 e. The molecule has 0 saturated heterocycles. The second-order valence-electron chi connectivity index (χ2n) is 6.15. The molecule has 0 saturated carbocycles. The Hall–Kier alpha value is -1.99. The number of thiazole rings is 1. The van der Waals surface area contributed by atoms with Crippen molar-refractivity contribution in [1.29, 1.82) is 0 Å². The molecule has 3 aromatic heterocycles. The third-order valence-electron chi connectivity index (χ3n) is 4.29. The Bertz CT molecular complexity index is 834. The maximum Gasteiger partial charge on any atom is 0.162 e. The number of nitrogens with one attached hydrogen (secondary N) is 1. The van der Waals surface area contributed by atoms with Crippen molar-refractivity contribution >= 4 is 11.3 Å². The van der Waals surface area contributed by atoms with E-state index in [0.29, 0.717) is 6.04 Å². The molecule has 7 heteroatoms. The van der Waals surface area contributed by atoms with Crippen LogP contribution < -0.4 is 5.32 Å². The molecule has 1 atom stereocenters. The van der Waals surface area contributed by atoms with E-state index < -0.39 is 0 Å². The van der Waals surface area contributed by atoms with Crippen LogP contribution in [0.2, 0.25) is 0 Å². The Morgan fingerprint density at radius 2 is 2.29 bits per heavy atom. The van der Waals surface area contributed by atoms with Crippen LogP contribution in [0, 0.1) is 6.92 Å². The Balaban J connectivity index is 1.37. The molecule has 4 rings (SSSR count). The summed E-state index contributed by atoms with van der Waals surface area (Å²) in [7, 11) is 0. The molecule has 0 bridgehead atoms. The molecule has 0 amide bonds. The van der Waals surface area contributed by atoms with Crippen molar-refractivity contribution in [3.8, 4) is 10.8 Å². The van der Waals surface area contributed by atoms with Crippen molar-refractivity contribution in [2.24, 2.45) is 0 Å². The molecule has 0 aliphatic carbocycles. The van der Waals surface area contributed by atoms with Crippen LogP contribution in [0.1, 0.15) is 36.4 Å². The molecule has 0 fully saturated rings. The fourth-order valence-corrected chi connectivity index (χ4v) is 3.76. The van der Waals surface area contributed by atoms with Gasteiger partial charge in [0.25, 0.3) is 0 Å². The first-order valence-corrected chi connectivity index (χ1v) is 9.26. The van der Waals surface area contributed by atoms with E-state index in [9.17, 15) is 0 Å². The van der Waals surface area contributed by atoms with Gasteiger partial charge in [0.05, 0.1) is 12.2 Å². The standard InChI is InChI=1S/C17H21N5OS/c1-3-15-20-16-7-5-12(9-22(16)21-15)18-8-13-10-24-17(19-13)14-6-4-11(2)23-14/h4,6,10,12,18H,3,5,7-9H2,1-2H3. The van der Waals surface area contributed by atoms with E-state index in [1.165, 1.54) is 0 Å². The number of hydrogen-bond donors (Lipinski definition) is 1. The number of aromatic nitrogens is 4. The minimum atomic E-state index is 0.417. The number of hydrogen-bond acceptors (Lipinski definition) is 6. The molecule has 1 aliphatic heterocycles. The van der Waals surface area contributed by atoms with Gasteiger partial charge >= 0.3 is 0 Å². The topological polar surface area (TPSA) is 68.8 Å². The highest BCUT2D eigenvalue weighted by atomic mass is 32.1. The van der Waals surface area contributed by atoms with Crippen LogP contribution >= 0.6 is 11.3 Å². The van der Waals surface area contributed by atoms with Crippen LogP contribution in [0.3, 0.4) is 0 Å². The Morgan fingerprint density at radius 1 is 1.38 bits per heavy atom. The molecule has 126 valence electrons. The molecule has 0 radical (unpaired) electrons. The van der Waals surface area contributed by atoms with Gasteiger partial charge < -0.3 is 9.73 Å². The van der Waals surface area contributed by atoms with E-state index in [1.807, 2.05) is 19.1 Å². The first-order chi connectivity index (χ1) is 11.7. The zero-order valence-corrected chi connectivity index (χ0v) is 14.8. The minimum absolute atomic E-state index is 0.417. The maximum absolute atomic E-state index is 5.64. The van der Waals surface area contributed by atoms with Crippen LogP contribution in [0.5, 0.6) is 0 Å². The molecule has 0 spiro atoms. The first kappa shape index (κ1) is 15.5. The van der Waals surface area contributed by atoms with Crippen molar-refractivity contribution in [3.63, 3.8) is 0 Å². The normalized spacial score (nSPS) is 17.2. The smallest absolute Gasteiger partial charge is 0.162 e. The third-order valence-corrected chi connectivity index (χ3v) is 5.20. The summed E-state index contributed by atoms with van der Waals surface area (Å²) >= 11 is 1.63. The van der Waals surface area contributed by atoms with Gasteiger partial charge in [0.1, 0.15) is 11.6 Å². The quantitative estimate of drug-likeness (QED) is 0.771. The highest BCUT2D eigenvalue weighted by Gasteiger charge is 2.21. The lowest BCUT2D eigenvalue weighted by Crippen LogP contribution is -2.37. The molecular weight excluding hydrogens is 322 g/mol. The average molecular weight is 343 g/mol. The molecule has 1 N–H and O–H groups in total. The zero-order chi connectivity index (χ0) is 16.5. The number of fused-ring (bicyclic) bond motifs is 1. The van der Waals surface area contributed by atoms with Crippen LogP contribution in [0.4, 0.5) is 0 Å². The largest absolute Gasteiger partial charge is 0.459 e. The third kappa shape index (κ3) is 3.14. The number of nitrogens with zero attached hydrogens (tertiary/aromatic N) is 4. The maximum atomic E-state index is 5.64. The summed E-state index contributed by atoms with van der Waals surface area (Å²) in [6.07, 6.45) is 2.97. The fraction of sp³-hybridized carbons (Fsp3) is 0.471. The molecule has 6 nitrogen and oxygen atoms in total. The lowest BCUT2D eigenvalue weighted by molar-refractivity contribution is 0.356. The predicted octanol–water partition coefficient (Wildman–Crippen LogP) is 2.97. The highest BCUT2D eigenvalue weighted by Crippen LogP contribution is 2.25. The SMILES string of the molecule is CCc1nc2n(n1)CC(NCc1csc(-c3ccc(C)o3)n1)CC2. The van der Waals surface area contributed by atoms with Crippen LogP contribution in [0.15, 0.2) is 21.9 Å². The van der Waals surface area contributed by atoms with Crippen molar-refractivity contribution in [2.45, 2.75) is 52.2 Å². The van der Waals surface area contributed by atoms with Gasteiger partial charge in [-0.05, 0) is 25.5 Å². The summed E-state index contributed by atoms with van der Waals surface area (Å²) in [5, 5.41) is 11.2. The van der Waals surface area contributed by atoms with Gasteiger partial charge in [-0.15, -0.1) is 11.3 Å². The van der Waals surface area contributed by atoms with E-state index in [-0.39, 0.29) is 0 Å². The van der Waals surface area contributed by atoms with Gasteiger partial charge in [0, 0.05) is 30.8 Å². The number of aryl methyl sites for hydroxylation is 3. The van der Waals surface area contributed by atoms with Gasteiger partial charge in [-0.2, -0.15) is 5.10 Å². The van der Waals surface area contributed by atoms with Gasteiger partial charge in [0.15, 0.2) is 16.6 Å². The van der Waals surface area contributed by atoms with Crippen LogP contribution in [0.25, 0.3) is 10.8 Å². The summed E-state index contributed by atoms with van der Waals surface area (Å²) < 4.78 is 7.69. The van der Waals surface area contributed by atoms with Crippen molar-refractivity contribution < 1.29 is 4.42 Å². The van der Waals surface area contributed by atoms with E-state index in [4.69, 9.17) is 4.42 Å². The zero-order valence-electron chi connectivity index (χ0n) is 14.0. The number of rotatable bonds is 5. The van der Waals surface area contributed by atoms with Gasteiger partial charge in [0.2, 0.25) is 0 Å². The van der Waals surface area contributed by atoms with E-state index in [2.05, 4.69) is 37.4 Å². The van der Waals surface area contributed by atoms with Crippen molar-refractivity contribution in [3.05, 3.63) is 40.6 Å². The van der Waals surface area contributed by atoms with Crippen molar-refractivity contribution in [2.75, 3.05) is 0 Å². The van der Waals surface area contributed by atoms with Crippen LogP contribution in [-0.4, -0.2) is 25.8 Å². The second kappa shape index (κ2) is 6.49. The van der Waals surface area contributed by atoms with Gasteiger partial charge in [-0.1, -0.05) is 6.92 Å². The lowest BCUT2D eigenvalue weighted by Gasteiger charge is -2.23. The van der Waals surface area contributed by atoms with Crippen LogP contribution in [-0.2, 0) is 25.9 Å². The van der Waals surface area contributed by atoms with Gasteiger partial charge in [-0.3, -0.25) is 0 Å². The van der Waals surface area contributed by atoms with Crippen molar-refractivity contribution in [1.82, 2.24) is 25.1 Å². The monoisotopic (exact) mass is 343 g/mol. The second-order valence-corrected chi connectivity index (χ2v) is 7.01. The summed E-state index contributed by atoms with van der Waals surface area (Å²) in [6, 6.07) is 4.36.